The van der Waals surface area contributed by atoms with Gasteiger partial charge in [0.1, 0.15) is 6.04 Å². The molecule has 1 aromatic heterocycles. The minimum absolute atomic E-state index is 0.0711. The SMILES string of the molecule is O=C(CC(NCc1cccnc1)C(=O)O)c1ccc(C2CCCCC2)cc1. The first kappa shape index (κ1) is 19.2. The number of benzene rings is 1. The summed E-state index contributed by atoms with van der Waals surface area (Å²) in [5.41, 5.74) is 2.74. The zero-order valence-corrected chi connectivity index (χ0v) is 15.4. The Hall–Kier alpha value is -2.53. The van der Waals surface area contributed by atoms with Crippen LogP contribution < -0.4 is 5.32 Å². The van der Waals surface area contributed by atoms with Crippen LogP contribution >= 0.6 is 0 Å². The molecule has 1 aliphatic carbocycles. The number of rotatable bonds is 8. The number of carbonyl (C=O) groups excluding carboxylic acids is 1. The molecule has 1 aliphatic rings. The maximum absolute atomic E-state index is 12.5. The number of hydrogen-bond acceptors (Lipinski definition) is 4. The highest BCUT2D eigenvalue weighted by Crippen LogP contribution is 2.32. The van der Waals surface area contributed by atoms with E-state index in [-0.39, 0.29) is 12.2 Å². The first-order chi connectivity index (χ1) is 13.1. The zero-order valence-electron chi connectivity index (χ0n) is 15.4. The Morgan fingerprint density at radius 3 is 2.48 bits per heavy atom. The Labute approximate surface area is 159 Å². The summed E-state index contributed by atoms with van der Waals surface area (Å²) < 4.78 is 0. The van der Waals surface area contributed by atoms with Crippen molar-refractivity contribution in [3.63, 3.8) is 0 Å². The molecule has 0 radical (unpaired) electrons. The maximum atomic E-state index is 12.5. The van der Waals surface area contributed by atoms with Crippen LogP contribution in [-0.4, -0.2) is 27.9 Å². The van der Waals surface area contributed by atoms with Gasteiger partial charge in [-0.25, -0.2) is 0 Å². The molecule has 0 saturated heterocycles. The highest BCUT2D eigenvalue weighted by molar-refractivity contribution is 5.98. The summed E-state index contributed by atoms with van der Waals surface area (Å²) in [4.78, 5) is 28.1. The van der Waals surface area contributed by atoms with Crippen LogP contribution in [0.5, 0.6) is 0 Å². The van der Waals surface area contributed by atoms with Crippen LogP contribution in [-0.2, 0) is 11.3 Å². The summed E-state index contributed by atoms with van der Waals surface area (Å²) in [5, 5.41) is 12.4. The summed E-state index contributed by atoms with van der Waals surface area (Å²) in [6.45, 7) is 0.360. The van der Waals surface area contributed by atoms with Gasteiger partial charge in [0.25, 0.3) is 0 Å². The second-order valence-corrected chi connectivity index (χ2v) is 7.22. The van der Waals surface area contributed by atoms with Gasteiger partial charge in [0.2, 0.25) is 0 Å². The van der Waals surface area contributed by atoms with Crippen molar-refractivity contribution in [2.45, 2.75) is 57.0 Å². The lowest BCUT2D eigenvalue weighted by Crippen LogP contribution is -2.38. The fraction of sp³-hybridized carbons (Fsp3) is 0.409. The molecule has 3 rings (SSSR count). The largest absolute Gasteiger partial charge is 0.480 e. The summed E-state index contributed by atoms with van der Waals surface area (Å²) in [6, 6.07) is 10.5. The van der Waals surface area contributed by atoms with Crippen LogP contribution in [0, 0.1) is 0 Å². The lowest BCUT2D eigenvalue weighted by Gasteiger charge is -2.22. The summed E-state index contributed by atoms with van der Waals surface area (Å²) in [6.07, 6.45) is 9.56. The van der Waals surface area contributed by atoms with Gasteiger partial charge in [-0.05, 0) is 36.0 Å². The van der Waals surface area contributed by atoms with E-state index >= 15 is 0 Å². The molecule has 0 aliphatic heterocycles. The molecule has 142 valence electrons. The number of aromatic nitrogens is 1. The van der Waals surface area contributed by atoms with Crippen molar-refractivity contribution in [2.24, 2.45) is 0 Å². The van der Waals surface area contributed by atoms with Gasteiger partial charge < -0.3 is 5.11 Å². The highest BCUT2D eigenvalue weighted by Gasteiger charge is 2.22. The van der Waals surface area contributed by atoms with Crippen molar-refractivity contribution < 1.29 is 14.7 Å². The number of carboxylic acids is 1. The second kappa shape index (κ2) is 9.42. The Morgan fingerprint density at radius 1 is 1.11 bits per heavy atom. The molecular formula is C22H26N2O3. The van der Waals surface area contributed by atoms with E-state index < -0.39 is 12.0 Å². The number of hydrogen-bond donors (Lipinski definition) is 2. The standard InChI is InChI=1S/C22H26N2O3/c25-21(13-20(22(26)27)24-15-16-5-4-12-23-14-16)19-10-8-18(9-11-19)17-6-2-1-3-7-17/h4-5,8-12,14,17,20,24H,1-3,6-7,13,15H2,(H,26,27). The Bertz CT molecular complexity index is 753. The lowest BCUT2D eigenvalue weighted by atomic mass is 9.84. The normalized spacial score (nSPS) is 16.0. The molecule has 1 aromatic carbocycles. The van der Waals surface area contributed by atoms with E-state index in [0.29, 0.717) is 18.0 Å². The van der Waals surface area contributed by atoms with Crippen LogP contribution in [0.25, 0.3) is 0 Å². The van der Waals surface area contributed by atoms with Gasteiger partial charge in [-0.3, -0.25) is 19.9 Å². The van der Waals surface area contributed by atoms with E-state index in [1.54, 1.807) is 18.5 Å². The molecule has 0 amide bonds. The first-order valence-corrected chi connectivity index (χ1v) is 9.62. The Morgan fingerprint density at radius 2 is 1.85 bits per heavy atom. The lowest BCUT2D eigenvalue weighted by molar-refractivity contribution is -0.139. The number of carbonyl (C=O) groups is 2. The molecule has 1 heterocycles. The molecule has 0 bridgehead atoms. The Balaban J connectivity index is 1.58. The van der Waals surface area contributed by atoms with E-state index in [4.69, 9.17) is 0 Å². The molecule has 1 fully saturated rings. The predicted octanol–water partition coefficient (Wildman–Crippen LogP) is 3.95. The van der Waals surface area contributed by atoms with Gasteiger partial charge >= 0.3 is 5.97 Å². The summed E-state index contributed by atoms with van der Waals surface area (Å²) >= 11 is 0. The average Bonchev–Trinajstić information content (AvgIpc) is 2.72. The third-order valence-electron chi connectivity index (χ3n) is 5.27. The molecule has 1 saturated carbocycles. The third-order valence-corrected chi connectivity index (χ3v) is 5.27. The van der Waals surface area contributed by atoms with Gasteiger partial charge in [-0.2, -0.15) is 0 Å². The van der Waals surface area contributed by atoms with Crippen LogP contribution in [0.15, 0.2) is 48.8 Å². The Kier molecular flexibility index (Phi) is 6.71. The van der Waals surface area contributed by atoms with Gasteiger partial charge in [-0.15, -0.1) is 0 Å². The molecule has 27 heavy (non-hydrogen) atoms. The zero-order chi connectivity index (χ0) is 19.1. The van der Waals surface area contributed by atoms with Gasteiger partial charge in [-0.1, -0.05) is 49.6 Å². The van der Waals surface area contributed by atoms with Crippen molar-refractivity contribution in [3.05, 3.63) is 65.5 Å². The van der Waals surface area contributed by atoms with Gasteiger partial charge in [0.05, 0.1) is 0 Å². The fourth-order valence-electron chi connectivity index (χ4n) is 3.67. The van der Waals surface area contributed by atoms with Crippen LogP contribution in [0.3, 0.4) is 0 Å². The monoisotopic (exact) mass is 366 g/mol. The fourth-order valence-corrected chi connectivity index (χ4v) is 3.67. The quantitative estimate of drug-likeness (QED) is 0.692. The van der Waals surface area contributed by atoms with Crippen LogP contribution in [0.2, 0.25) is 0 Å². The van der Waals surface area contributed by atoms with Crippen molar-refractivity contribution in [1.82, 2.24) is 10.3 Å². The molecule has 2 N–H and O–H groups in total. The maximum Gasteiger partial charge on any atom is 0.321 e. The van der Waals surface area contributed by atoms with Gasteiger partial charge in [0.15, 0.2) is 5.78 Å². The first-order valence-electron chi connectivity index (χ1n) is 9.62. The molecule has 1 unspecified atom stereocenters. The topological polar surface area (TPSA) is 79.3 Å². The summed E-state index contributed by atoms with van der Waals surface area (Å²) in [7, 11) is 0. The number of carboxylic acid groups (broad SMARTS) is 1. The number of Topliss-reactive ketones (excluding diaryl/α,β-unsaturated/α-hetero) is 1. The molecular weight excluding hydrogens is 340 g/mol. The van der Waals surface area contributed by atoms with Gasteiger partial charge in [0, 0.05) is 30.9 Å². The van der Waals surface area contributed by atoms with Crippen molar-refractivity contribution in [2.75, 3.05) is 0 Å². The van der Waals surface area contributed by atoms with E-state index in [1.165, 1.54) is 37.7 Å². The third kappa shape index (κ3) is 5.47. The van der Waals surface area contributed by atoms with Crippen LogP contribution in [0.1, 0.15) is 65.9 Å². The number of pyridine rings is 1. The highest BCUT2D eigenvalue weighted by atomic mass is 16.4. The van der Waals surface area contributed by atoms with E-state index in [0.717, 1.165) is 5.56 Å². The average molecular weight is 366 g/mol. The van der Waals surface area contributed by atoms with E-state index in [9.17, 15) is 14.7 Å². The smallest absolute Gasteiger partial charge is 0.321 e. The van der Waals surface area contributed by atoms with E-state index in [2.05, 4.69) is 10.3 Å². The molecule has 1 atom stereocenters. The van der Waals surface area contributed by atoms with E-state index in [1.807, 2.05) is 30.3 Å². The minimum atomic E-state index is -1.02. The minimum Gasteiger partial charge on any atom is -0.480 e. The molecule has 5 heteroatoms. The number of nitrogens with one attached hydrogen (secondary N) is 1. The predicted molar refractivity (Wildman–Crippen MR) is 104 cm³/mol. The van der Waals surface area contributed by atoms with Crippen molar-refractivity contribution >= 4 is 11.8 Å². The summed E-state index contributed by atoms with van der Waals surface area (Å²) in [5.74, 6) is -0.585. The molecule has 2 aromatic rings. The molecule has 5 nitrogen and oxygen atoms in total. The second-order valence-electron chi connectivity index (χ2n) is 7.22. The number of ketones is 1. The number of aliphatic carboxylic acids is 1. The van der Waals surface area contributed by atoms with Crippen molar-refractivity contribution in [3.8, 4) is 0 Å². The van der Waals surface area contributed by atoms with Crippen molar-refractivity contribution in [1.29, 1.82) is 0 Å². The van der Waals surface area contributed by atoms with Crippen LogP contribution in [0.4, 0.5) is 0 Å². The molecule has 0 spiro atoms. The number of nitrogens with zero attached hydrogens (tertiary/aromatic N) is 1.